The standard InChI is InChI=1S/C14H13BrClF2N3O2/c1-8-10(15)7-19-21(8)5-4-13(22)20-9-2-3-12(11(16)6-9)23-14(17)18/h2-3,6-7,14H,4-5H2,1H3,(H,20,22). The fourth-order valence-electron chi connectivity index (χ4n) is 1.85. The van der Waals surface area contributed by atoms with Crippen molar-refractivity contribution in [1.29, 1.82) is 0 Å². The highest BCUT2D eigenvalue weighted by molar-refractivity contribution is 9.10. The Morgan fingerprint density at radius 1 is 1.52 bits per heavy atom. The summed E-state index contributed by atoms with van der Waals surface area (Å²) in [6.07, 6.45) is 1.87. The number of hydrogen-bond acceptors (Lipinski definition) is 3. The van der Waals surface area contributed by atoms with Gasteiger partial charge in [-0.25, -0.2) is 0 Å². The number of anilines is 1. The normalized spacial score (nSPS) is 10.9. The zero-order valence-electron chi connectivity index (χ0n) is 12.0. The van der Waals surface area contributed by atoms with Gasteiger partial charge in [0.15, 0.2) is 0 Å². The number of nitrogens with zero attached hydrogens (tertiary/aromatic N) is 2. The van der Waals surface area contributed by atoms with E-state index >= 15 is 0 Å². The van der Waals surface area contributed by atoms with Crippen LogP contribution < -0.4 is 10.1 Å². The Bertz CT molecular complexity index is 709. The van der Waals surface area contributed by atoms with Crippen LogP contribution in [0.4, 0.5) is 14.5 Å². The summed E-state index contributed by atoms with van der Waals surface area (Å²) in [5.74, 6) is -0.383. The molecule has 0 aliphatic rings. The van der Waals surface area contributed by atoms with Crippen molar-refractivity contribution in [3.8, 4) is 5.75 Å². The summed E-state index contributed by atoms with van der Waals surface area (Å²) in [6, 6.07) is 4.07. The average molecular weight is 409 g/mol. The minimum atomic E-state index is -2.95. The van der Waals surface area contributed by atoms with Crippen LogP contribution in [0.1, 0.15) is 12.1 Å². The highest BCUT2D eigenvalue weighted by Crippen LogP contribution is 2.29. The van der Waals surface area contributed by atoms with Gasteiger partial charge in [-0.3, -0.25) is 9.48 Å². The van der Waals surface area contributed by atoms with Crippen LogP contribution in [-0.4, -0.2) is 22.3 Å². The number of aryl methyl sites for hydroxylation is 1. The number of halogens is 4. The maximum Gasteiger partial charge on any atom is 0.387 e. The Balaban J connectivity index is 1.92. The zero-order chi connectivity index (χ0) is 17.0. The Morgan fingerprint density at radius 2 is 2.26 bits per heavy atom. The van der Waals surface area contributed by atoms with Crippen molar-refractivity contribution in [3.63, 3.8) is 0 Å². The minimum Gasteiger partial charge on any atom is -0.433 e. The number of alkyl halides is 2. The highest BCUT2D eigenvalue weighted by Gasteiger charge is 2.11. The molecule has 1 N–H and O–H groups in total. The summed E-state index contributed by atoms with van der Waals surface area (Å²) in [4.78, 5) is 11.9. The van der Waals surface area contributed by atoms with Crippen LogP contribution in [0, 0.1) is 6.92 Å². The van der Waals surface area contributed by atoms with Gasteiger partial charge in [-0.2, -0.15) is 13.9 Å². The van der Waals surface area contributed by atoms with Gasteiger partial charge in [-0.1, -0.05) is 11.6 Å². The van der Waals surface area contributed by atoms with E-state index in [4.69, 9.17) is 11.6 Å². The van der Waals surface area contributed by atoms with Crippen molar-refractivity contribution in [2.45, 2.75) is 26.5 Å². The molecule has 2 aromatic rings. The van der Waals surface area contributed by atoms with Gasteiger partial charge in [-0.05, 0) is 41.1 Å². The molecular formula is C14H13BrClF2N3O2. The molecule has 0 aliphatic carbocycles. The second-order valence-corrected chi connectivity index (χ2v) is 5.88. The molecule has 0 radical (unpaired) electrons. The Morgan fingerprint density at radius 3 is 2.83 bits per heavy atom. The van der Waals surface area contributed by atoms with Crippen molar-refractivity contribution < 1.29 is 18.3 Å². The van der Waals surface area contributed by atoms with E-state index in [1.165, 1.54) is 18.2 Å². The maximum atomic E-state index is 12.1. The molecule has 0 fully saturated rings. The summed E-state index contributed by atoms with van der Waals surface area (Å²) in [7, 11) is 0. The van der Waals surface area contributed by atoms with Gasteiger partial charge in [0.2, 0.25) is 5.91 Å². The number of carbonyl (C=O) groups is 1. The van der Waals surface area contributed by atoms with E-state index in [0.717, 1.165) is 10.2 Å². The van der Waals surface area contributed by atoms with Crippen molar-refractivity contribution >= 4 is 39.1 Å². The van der Waals surface area contributed by atoms with E-state index in [-0.39, 0.29) is 23.1 Å². The van der Waals surface area contributed by atoms with E-state index in [0.29, 0.717) is 12.2 Å². The third kappa shape index (κ3) is 4.90. The number of ether oxygens (including phenoxy) is 1. The number of amides is 1. The highest BCUT2D eigenvalue weighted by atomic mass is 79.9. The van der Waals surface area contributed by atoms with Gasteiger partial charge in [0.1, 0.15) is 5.75 Å². The van der Waals surface area contributed by atoms with Gasteiger partial charge >= 0.3 is 6.61 Å². The third-order valence-electron chi connectivity index (χ3n) is 3.03. The van der Waals surface area contributed by atoms with Crippen molar-refractivity contribution in [3.05, 3.63) is 39.6 Å². The first-order chi connectivity index (χ1) is 10.9. The Kier molecular flexibility index (Phi) is 5.95. The lowest BCUT2D eigenvalue weighted by molar-refractivity contribution is -0.116. The molecule has 0 atom stereocenters. The first kappa shape index (κ1) is 17.7. The largest absolute Gasteiger partial charge is 0.433 e. The van der Waals surface area contributed by atoms with Crippen molar-refractivity contribution in [2.75, 3.05) is 5.32 Å². The number of benzene rings is 1. The lowest BCUT2D eigenvalue weighted by Crippen LogP contribution is -2.15. The van der Waals surface area contributed by atoms with Crippen molar-refractivity contribution in [2.24, 2.45) is 0 Å². The van der Waals surface area contributed by atoms with Gasteiger partial charge < -0.3 is 10.1 Å². The lowest BCUT2D eigenvalue weighted by atomic mass is 10.3. The number of hydrogen-bond donors (Lipinski definition) is 1. The molecule has 1 aromatic carbocycles. The molecular weight excluding hydrogens is 396 g/mol. The molecule has 5 nitrogen and oxygen atoms in total. The fraction of sp³-hybridized carbons (Fsp3) is 0.286. The number of aromatic nitrogens is 2. The van der Waals surface area contributed by atoms with E-state index in [1.54, 1.807) is 10.9 Å². The predicted molar refractivity (Wildman–Crippen MR) is 86.0 cm³/mol. The molecule has 1 heterocycles. The van der Waals surface area contributed by atoms with Crippen LogP contribution in [0.2, 0.25) is 5.02 Å². The quantitative estimate of drug-likeness (QED) is 0.778. The van der Waals surface area contributed by atoms with Crippen LogP contribution >= 0.6 is 27.5 Å². The Labute approximate surface area is 144 Å². The molecule has 9 heteroatoms. The van der Waals surface area contributed by atoms with Gasteiger partial charge in [0, 0.05) is 17.8 Å². The first-order valence-corrected chi connectivity index (χ1v) is 7.76. The maximum absolute atomic E-state index is 12.1. The van der Waals surface area contributed by atoms with Gasteiger partial charge in [0.25, 0.3) is 0 Å². The smallest absolute Gasteiger partial charge is 0.387 e. The molecule has 0 bridgehead atoms. The fourth-order valence-corrected chi connectivity index (χ4v) is 2.37. The van der Waals surface area contributed by atoms with Crippen molar-refractivity contribution in [1.82, 2.24) is 9.78 Å². The van der Waals surface area contributed by atoms with E-state index in [9.17, 15) is 13.6 Å². The average Bonchev–Trinajstić information content (AvgIpc) is 2.79. The molecule has 0 unspecified atom stereocenters. The molecule has 0 saturated carbocycles. The molecule has 1 amide bonds. The molecule has 2 rings (SSSR count). The monoisotopic (exact) mass is 407 g/mol. The zero-order valence-corrected chi connectivity index (χ0v) is 14.4. The van der Waals surface area contributed by atoms with Crippen LogP contribution in [0.3, 0.4) is 0 Å². The topological polar surface area (TPSA) is 56.2 Å². The second-order valence-electron chi connectivity index (χ2n) is 4.62. The van der Waals surface area contributed by atoms with Crippen LogP contribution in [0.5, 0.6) is 5.75 Å². The molecule has 124 valence electrons. The van der Waals surface area contributed by atoms with Gasteiger partial charge in [-0.15, -0.1) is 0 Å². The Hall–Kier alpha value is -1.67. The third-order valence-corrected chi connectivity index (χ3v) is 4.10. The summed E-state index contributed by atoms with van der Waals surface area (Å²) >= 11 is 9.17. The summed E-state index contributed by atoms with van der Waals surface area (Å²) in [5, 5.41) is 6.76. The van der Waals surface area contributed by atoms with Gasteiger partial charge in [0.05, 0.1) is 22.2 Å². The number of nitrogens with one attached hydrogen (secondary N) is 1. The number of carbonyl (C=O) groups excluding carboxylic acids is 1. The van der Waals surface area contributed by atoms with E-state index in [2.05, 4.69) is 31.1 Å². The summed E-state index contributed by atoms with van der Waals surface area (Å²) in [5.41, 5.74) is 1.33. The van der Waals surface area contributed by atoms with E-state index < -0.39 is 6.61 Å². The summed E-state index contributed by atoms with van der Waals surface area (Å²) < 4.78 is 31.1. The molecule has 0 aliphatic heterocycles. The van der Waals surface area contributed by atoms with Crippen LogP contribution in [0.15, 0.2) is 28.9 Å². The van der Waals surface area contributed by atoms with E-state index in [1.807, 2.05) is 6.92 Å². The minimum absolute atomic E-state index is 0.00467. The molecule has 0 saturated heterocycles. The molecule has 23 heavy (non-hydrogen) atoms. The van der Waals surface area contributed by atoms with Crippen LogP contribution in [-0.2, 0) is 11.3 Å². The first-order valence-electron chi connectivity index (χ1n) is 6.59. The summed E-state index contributed by atoms with van der Waals surface area (Å²) in [6.45, 7) is -0.648. The van der Waals surface area contributed by atoms with Crippen LogP contribution in [0.25, 0.3) is 0 Å². The molecule has 0 spiro atoms. The molecule has 1 aromatic heterocycles. The number of rotatable bonds is 6. The SMILES string of the molecule is Cc1c(Br)cnn1CCC(=O)Nc1ccc(OC(F)F)c(Cl)c1. The second kappa shape index (κ2) is 7.74. The predicted octanol–water partition coefficient (Wildman–Crippen LogP) is 4.24. The lowest BCUT2D eigenvalue weighted by Gasteiger charge is -2.10.